The first-order valence-electron chi connectivity index (χ1n) is 8.42. The Morgan fingerprint density at radius 2 is 1.96 bits per heavy atom. The van der Waals surface area contributed by atoms with Gasteiger partial charge in [-0.1, -0.05) is 30.3 Å². The molecular formula is C21H17N3O2S. The van der Waals surface area contributed by atoms with Crippen LogP contribution in [0, 0.1) is 6.92 Å². The highest BCUT2D eigenvalue weighted by Gasteiger charge is 2.10. The van der Waals surface area contributed by atoms with E-state index in [0.717, 1.165) is 27.6 Å². The number of furan rings is 1. The van der Waals surface area contributed by atoms with Crippen LogP contribution in [0.4, 0.5) is 16.5 Å². The first kappa shape index (κ1) is 17.1. The van der Waals surface area contributed by atoms with Crippen LogP contribution in [0.5, 0.6) is 0 Å². The molecule has 0 aliphatic carbocycles. The zero-order chi connectivity index (χ0) is 18.6. The number of benzene rings is 2. The fourth-order valence-corrected chi connectivity index (χ4v) is 3.38. The number of hydrogen-bond donors (Lipinski definition) is 2. The van der Waals surface area contributed by atoms with E-state index in [9.17, 15) is 4.79 Å². The van der Waals surface area contributed by atoms with Crippen molar-refractivity contribution in [2.45, 2.75) is 6.92 Å². The Balaban J connectivity index is 1.52. The minimum Gasteiger partial charge on any atom is -0.459 e. The van der Waals surface area contributed by atoms with E-state index in [1.165, 1.54) is 6.26 Å². The van der Waals surface area contributed by atoms with Crippen LogP contribution in [0.3, 0.4) is 0 Å². The molecule has 6 heteroatoms. The van der Waals surface area contributed by atoms with Crippen LogP contribution in [0.1, 0.15) is 16.1 Å². The summed E-state index contributed by atoms with van der Waals surface area (Å²) in [5, 5.41) is 9.01. The molecule has 2 aromatic carbocycles. The molecule has 2 heterocycles. The average molecular weight is 375 g/mol. The highest BCUT2D eigenvalue weighted by atomic mass is 32.1. The van der Waals surface area contributed by atoms with Crippen molar-refractivity contribution in [3.05, 3.63) is 83.6 Å². The molecule has 0 aliphatic heterocycles. The van der Waals surface area contributed by atoms with E-state index in [1.807, 2.05) is 47.8 Å². The Morgan fingerprint density at radius 1 is 1.07 bits per heavy atom. The monoisotopic (exact) mass is 375 g/mol. The molecule has 0 saturated heterocycles. The van der Waals surface area contributed by atoms with Crippen molar-refractivity contribution in [3.8, 4) is 11.3 Å². The molecule has 5 nitrogen and oxygen atoms in total. The molecule has 0 unspecified atom stereocenters. The topological polar surface area (TPSA) is 67.2 Å². The van der Waals surface area contributed by atoms with Gasteiger partial charge in [-0.2, -0.15) is 0 Å². The fraction of sp³-hybridized carbons (Fsp3) is 0.0476. The summed E-state index contributed by atoms with van der Waals surface area (Å²) in [7, 11) is 0. The summed E-state index contributed by atoms with van der Waals surface area (Å²) >= 11 is 1.54. The van der Waals surface area contributed by atoms with Gasteiger partial charge in [0.2, 0.25) is 0 Å². The van der Waals surface area contributed by atoms with E-state index in [4.69, 9.17) is 4.42 Å². The lowest BCUT2D eigenvalue weighted by molar-refractivity contribution is 0.0996. The van der Waals surface area contributed by atoms with Crippen LogP contribution in [0.2, 0.25) is 0 Å². The van der Waals surface area contributed by atoms with Gasteiger partial charge in [0.25, 0.3) is 5.91 Å². The average Bonchev–Trinajstić information content (AvgIpc) is 3.36. The van der Waals surface area contributed by atoms with E-state index in [2.05, 4.69) is 28.6 Å². The number of hydrogen-bond acceptors (Lipinski definition) is 5. The molecule has 134 valence electrons. The number of thiazole rings is 1. The van der Waals surface area contributed by atoms with Gasteiger partial charge in [0.05, 0.1) is 12.0 Å². The largest absolute Gasteiger partial charge is 0.459 e. The minimum absolute atomic E-state index is 0.277. The third-order valence-corrected chi connectivity index (χ3v) is 4.81. The van der Waals surface area contributed by atoms with E-state index in [0.29, 0.717) is 5.69 Å². The lowest BCUT2D eigenvalue weighted by Crippen LogP contribution is -2.10. The summed E-state index contributed by atoms with van der Waals surface area (Å²) in [6.07, 6.45) is 1.48. The predicted molar refractivity (Wildman–Crippen MR) is 109 cm³/mol. The number of aromatic nitrogens is 1. The first-order valence-corrected chi connectivity index (χ1v) is 9.30. The van der Waals surface area contributed by atoms with Crippen molar-refractivity contribution < 1.29 is 9.21 Å². The third kappa shape index (κ3) is 3.91. The summed E-state index contributed by atoms with van der Waals surface area (Å²) in [6, 6.07) is 19.0. The molecule has 0 aliphatic rings. The summed E-state index contributed by atoms with van der Waals surface area (Å²) in [6.45, 7) is 2.06. The standard InChI is InChI=1S/C21H17N3O2S/c1-14-6-2-3-9-17(14)23-21-24-18(13-27-21)15-7-4-8-16(12-15)22-20(25)19-10-5-11-26-19/h2-13H,1H3,(H,22,25)(H,23,24). The molecule has 0 saturated carbocycles. The Hall–Kier alpha value is -3.38. The Bertz CT molecular complexity index is 1070. The number of nitrogens with zero attached hydrogens (tertiary/aromatic N) is 1. The van der Waals surface area contributed by atoms with Crippen LogP contribution in [-0.4, -0.2) is 10.9 Å². The normalized spacial score (nSPS) is 10.6. The molecule has 1 amide bonds. The van der Waals surface area contributed by atoms with Gasteiger partial charge in [-0.05, 0) is 42.8 Å². The zero-order valence-corrected chi connectivity index (χ0v) is 15.4. The van der Waals surface area contributed by atoms with Crippen LogP contribution >= 0.6 is 11.3 Å². The van der Waals surface area contributed by atoms with E-state index in [-0.39, 0.29) is 11.7 Å². The molecule has 0 fully saturated rings. The number of para-hydroxylation sites is 1. The molecule has 4 rings (SSSR count). The van der Waals surface area contributed by atoms with Crippen molar-refractivity contribution in [1.82, 2.24) is 4.98 Å². The summed E-state index contributed by atoms with van der Waals surface area (Å²) in [5.74, 6) is -0.00360. The van der Waals surface area contributed by atoms with Gasteiger partial charge in [-0.15, -0.1) is 11.3 Å². The van der Waals surface area contributed by atoms with Gasteiger partial charge in [-0.3, -0.25) is 4.79 Å². The van der Waals surface area contributed by atoms with Crippen molar-refractivity contribution in [2.24, 2.45) is 0 Å². The van der Waals surface area contributed by atoms with Gasteiger partial charge in [0.1, 0.15) is 0 Å². The minimum atomic E-state index is -0.280. The molecule has 0 spiro atoms. The summed E-state index contributed by atoms with van der Waals surface area (Å²) < 4.78 is 5.12. The Morgan fingerprint density at radius 3 is 2.78 bits per heavy atom. The quantitative estimate of drug-likeness (QED) is 0.469. The number of carbonyl (C=O) groups excluding carboxylic acids is 1. The van der Waals surface area contributed by atoms with Gasteiger partial charge >= 0.3 is 0 Å². The molecule has 0 atom stereocenters. The lowest BCUT2D eigenvalue weighted by atomic mass is 10.1. The molecule has 2 aromatic heterocycles. The molecule has 2 N–H and O–H groups in total. The smallest absolute Gasteiger partial charge is 0.291 e. The Kier molecular flexibility index (Phi) is 4.72. The highest BCUT2D eigenvalue weighted by Crippen LogP contribution is 2.29. The van der Waals surface area contributed by atoms with Crippen LogP contribution in [0.15, 0.2) is 76.7 Å². The van der Waals surface area contributed by atoms with Gasteiger partial charge in [-0.25, -0.2) is 4.98 Å². The van der Waals surface area contributed by atoms with E-state index in [1.54, 1.807) is 23.5 Å². The number of rotatable bonds is 5. The maximum Gasteiger partial charge on any atom is 0.291 e. The van der Waals surface area contributed by atoms with Crippen molar-refractivity contribution in [2.75, 3.05) is 10.6 Å². The zero-order valence-electron chi connectivity index (χ0n) is 14.6. The fourth-order valence-electron chi connectivity index (χ4n) is 2.65. The second-order valence-electron chi connectivity index (χ2n) is 5.99. The van der Waals surface area contributed by atoms with Crippen molar-refractivity contribution in [3.63, 3.8) is 0 Å². The van der Waals surface area contributed by atoms with Gasteiger partial charge in [0, 0.05) is 22.3 Å². The molecule has 0 bridgehead atoms. The van der Waals surface area contributed by atoms with Crippen molar-refractivity contribution in [1.29, 1.82) is 0 Å². The van der Waals surface area contributed by atoms with E-state index >= 15 is 0 Å². The molecule has 27 heavy (non-hydrogen) atoms. The van der Waals surface area contributed by atoms with Gasteiger partial charge in [0.15, 0.2) is 10.9 Å². The first-order chi connectivity index (χ1) is 13.2. The SMILES string of the molecule is Cc1ccccc1Nc1nc(-c2cccc(NC(=O)c3ccco3)c2)cs1. The van der Waals surface area contributed by atoms with Crippen LogP contribution in [-0.2, 0) is 0 Å². The van der Waals surface area contributed by atoms with Crippen LogP contribution in [0.25, 0.3) is 11.3 Å². The number of anilines is 3. The summed E-state index contributed by atoms with van der Waals surface area (Å²) in [4.78, 5) is 16.8. The number of carbonyl (C=O) groups is 1. The highest BCUT2D eigenvalue weighted by molar-refractivity contribution is 7.14. The summed E-state index contributed by atoms with van der Waals surface area (Å²) in [5.41, 5.74) is 4.68. The lowest BCUT2D eigenvalue weighted by Gasteiger charge is -2.06. The number of nitrogens with one attached hydrogen (secondary N) is 2. The van der Waals surface area contributed by atoms with Gasteiger partial charge < -0.3 is 15.1 Å². The number of amides is 1. The second-order valence-corrected chi connectivity index (χ2v) is 6.85. The molecular weight excluding hydrogens is 358 g/mol. The Labute approximate surface area is 160 Å². The van der Waals surface area contributed by atoms with Crippen LogP contribution < -0.4 is 10.6 Å². The third-order valence-electron chi connectivity index (χ3n) is 4.05. The van der Waals surface area contributed by atoms with Crippen molar-refractivity contribution >= 4 is 33.8 Å². The van der Waals surface area contributed by atoms with E-state index < -0.39 is 0 Å². The molecule has 0 radical (unpaired) electrons. The second kappa shape index (κ2) is 7.47. The number of aryl methyl sites for hydroxylation is 1. The predicted octanol–water partition coefficient (Wildman–Crippen LogP) is 5.71. The maximum atomic E-state index is 12.1. The maximum absolute atomic E-state index is 12.1. The molecule has 4 aromatic rings.